The highest BCUT2D eigenvalue weighted by atomic mass is 32.2. The van der Waals surface area contributed by atoms with Gasteiger partial charge in [-0.25, -0.2) is 23.3 Å². The summed E-state index contributed by atoms with van der Waals surface area (Å²) in [6.45, 7) is 6.44. The summed E-state index contributed by atoms with van der Waals surface area (Å²) >= 11 is 0. The molecule has 1 aromatic heterocycles. The molecule has 1 fully saturated rings. The largest absolute Gasteiger partial charge is 0.465 e. The van der Waals surface area contributed by atoms with Gasteiger partial charge in [0.15, 0.2) is 5.03 Å². The maximum Gasteiger partial charge on any atom is 0.407 e. The predicted octanol–water partition coefficient (Wildman–Crippen LogP) is 2.09. The highest BCUT2D eigenvalue weighted by molar-refractivity contribution is 7.89. The number of nitrogens with one attached hydrogen (secondary N) is 1. The van der Waals surface area contributed by atoms with Crippen molar-refractivity contribution in [2.24, 2.45) is 11.1 Å². The van der Waals surface area contributed by atoms with Crippen molar-refractivity contribution < 1.29 is 18.3 Å². The molecule has 4 N–H and O–H groups in total. The van der Waals surface area contributed by atoms with E-state index in [0.29, 0.717) is 18.3 Å². The predicted molar refractivity (Wildman–Crippen MR) is 94.8 cm³/mol. The average Bonchev–Trinajstić information content (AvgIpc) is 2.79. The molecule has 2 rings (SSSR count). The Kier molecular flexibility index (Phi) is 5.58. The van der Waals surface area contributed by atoms with Crippen molar-refractivity contribution in [3.63, 3.8) is 0 Å². The Bertz CT molecular complexity index is 735. The zero-order valence-corrected chi connectivity index (χ0v) is 15.6. The first-order chi connectivity index (χ1) is 11.5. The monoisotopic (exact) mass is 370 g/mol. The van der Waals surface area contributed by atoms with E-state index in [-0.39, 0.29) is 16.6 Å². The lowest BCUT2D eigenvalue weighted by molar-refractivity contribution is 0.117. The molecule has 8 nitrogen and oxygen atoms in total. The van der Waals surface area contributed by atoms with E-state index < -0.39 is 16.1 Å². The minimum Gasteiger partial charge on any atom is -0.465 e. The zero-order chi connectivity index (χ0) is 18.8. The van der Waals surface area contributed by atoms with Gasteiger partial charge in [-0.05, 0) is 58.1 Å². The van der Waals surface area contributed by atoms with Gasteiger partial charge in [0.1, 0.15) is 5.82 Å². The molecule has 0 spiro atoms. The molecule has 0 saturated carbocycles. The van der Waals surface area contributed by atoms with Crippen LogP contribution in [0, 0.1) is 5.92 Å². The van der Waals surface area contributed by atoms with Crippen LogP contribution in [0.5, 0.6) is 0 Å². The molecule has 1 aliphatic heterocycles. The summed E-state index contributed by atoms with van der Waals surface area (Å²) in [7, 11) is -3.83. The molecule has 140 valence electrons. The third-order valence-electron chi connectivity index (χ3n) is 4.61. The molecule has 1 aliphatic rings. The fourth-order valence-electron chi connectivity index (χ4n) is 3.38. The molecule has 2 heterocycles. The number of rotatable bonds is 6. The molecular formula is C16H26N4O4S. The quantitative estimate of drug-likeness (QED) is 0.704. The van der Waals surface area contributed by atoms with E-state index in [9.17, 15) is 18.3 Å². The first-order valence-corrected chi connectivity index (χ1v) is 9.80. The SMILES string of the molecule is CC(CCC1CN(C(=O)O)C(C)(C)C1)Nc1cccc(S(N)(=O)=O)n1. The second-order valence-corrected chi connectivity index (χ2v) is 8.81. The van der Waals surface area contributed by atoms with Gasteiger partial charge < -0.3 is 15.3 Å². The van der Waals surface area contributed by atoms with Crippen molar-refractivity contribution in [1.29, 1.82) is 0 Å². The average molecular weight is 370 g/mol. The molecule has 0 bridgehead atoms. The van der Waals surface area contributed by atoms with Crippen LogP contribution in [0.4, 0.5) is 10.6 Å². The van der Waals surface area contributed by atoms with Gasteiger partial charge in [-0.3, -0.25) is 0 Å². The highest BCUT2D eigenvalue weighted by Gasteiger charge is 2.40. The van der Waals surface area contributed by atoms with Crippen LogP contribution in [0.2, 0.25) is 0 Å². The van der Waals surface area contributed by atoms with Crippen LogP contribution >= 0.6 is 0 Å². The number of likely N-dealkylation sites (tertiary alicyclic amines) is 1. The number of primary sulfonamides is 1. The number of nitrogens with two attached hydrogens (primary N) is 1. The fraction of sp³-hybridized carbons (Fsp3) is 0.625. The molecule has 0 aliphatic carbocycles. The molecule has 25 heavy (non-hydrogen) atoms. The summed E-state index contributed by atoms with van der Waals surface area (Å²) in [6.07, 6.45) is 1.68. The third kappa shape index (κ3) is 5.05. The van der Waals surface area contributed by atoms with Crippen LogP contribution < -0.4 is 10.5 Å². The van der Waals surface area contributed by atoms with Gasteiger partial charge in [0, 0.05) is 18.1 Å². The van der Waals surface area contributed by atoms with Gasteiger partial charge in [-0.2, -0.15) is 0 Å². The van der Waals surface area contributed by atoms with E-state index in [2.05, 4.69) is 10.3 Å². The number of amides is 1. The molecule has 1 saturated heterocycles. The molecule has 2 unspecified atom stereocenters. The molecule has 1 aromatic rings. The summed E-state index contributed by atoms with van der Waals surface area (Å²) in [6, 6.07) is 4.71. The van der Waals surface area contributed by atoms with E-state index in [1.54, 1.807) is 12.1 Å². The van der Waals surface area contributed by atoms with Crippen molar-refractivity contribution in [2.45, 2.75) is 56.6 Å². The fourth-order valence-corrected chi connectivity index (χ4v) is 3.87. The first kappa shape index (κ1) is 19.5. The Balaban J connectivity index is 1.90. The van der Waals surface area contributed by atoms with Gasteiger partial charge in [0.25, 0.3) is 10.0 Å². The number of hydrogen-bond acceptors (Lipinski definition) is 5. The summed E-state index contributed by atoms with van der Waals surface area (Å²) in [5, 5.41) is 17.4. The van der Waals surface area contributed by atoms with Crippen molar-refractivity contribution in [3.05, 3.63) is 18.2 Å². The Labute approximate surface area is 148 Å². The van der Waals surface area contributed by atoms with Crippen molar-refractivity contribution in [2.75, 3.05) is 11.9 Å². The molecule has 2 atom stereocenters. The van der Waals surface area contributed by atoms with Crippen LogP contribution in [0.3, 0.4) is 0 Å². The molecule has 1 amide bonds. The first-order valence-electron chi connectivity index (χ1n) is 8.26. The van der Waals surface area contributed by atoms with Gasteiger partial charge >= 0.3 is 6.09 Å². The lowest BCUT2D eigenvalue weighted by atomic mass is 9.92. The molecule has 0 radical (unpaired) electrons. The van der Waals surface area contributed by atoms with E-state index >= 15 is 0 Å². The van der Waals surface area contributed by atoms with Gasteiger partial charge in [0.05, 0.1) is 0 Å². The molecule has 0 aromatic carbocycles. The molecule has 9 heteroatoms. The van der Waals surface area contributed by atoms with Crippen LogP contribution in [-0.2, 0) is 10.0 Å². The maximum absolute atomic E-state index is 11.4. The number of carboxylic acid groups (broad SMARTS) is 1. The Morgan fingerprint density at radius 1 is 1.52 bits per heavy atom. The Morgan fingerprint density at radius 3 is 2.76 bits per heavy atom. The second kappa shape index (κ2) is 7.17. The second-order valence-electron chi connectivity index (χ2n) is 7.30. The van der Waals surface area contributed by atoms with Crippen LogP contribution in [0.25, 0.3) is 0 Å². The lowest BCUT2D eigenvalue weighted by Crippen LogP contribution is -2.41. The van der Waals surface area contributed by atoms with E-state index in [1.165, 1.54) is 11.0 Å². The van der Waals surface area contributed by atoms with Crippen LogP contribution in [-0.4, -0.2) is 47.6 Å². The summed E-state index contributed by atoms with van der Waals surface area (Å²) in [5.74, 6) is 0.775. The van der Waals surface area contributed by atoms with Crippen LogP contribution in [0.1, 0.15) is 40.0 Å². The van der Waals surface area contributed by atoms with E-state index in [4.69, 9.17) is 5.14 Å². The van der Waals surface area contributed by atoms with Crippen molar-refractivity contribution in [3.8, 4) is 0 Å². The third-order valence-corrected chi connectivity index (χ3v) is 5.42. The number of aromatic nitrogens is 1. The number of hydrogen-bond donors (Lipinski definition) is 3. The summed E-state index contributed by atoms with van der Waals surface area (Å²) in [4.78, 5) is 16.8. The van der Waals surface area contributed by atoms with Crippen molar-refractivity contribution in [1.82, 2.24) is 9.88 Å². The Morgan fingerprint density at radius 2 is 2.20 bits per heavy atom. The molecular weight excluding hydrogens is 344 g/mol. The van der Waals surface area contributed by atoms with Gasteiger partial charge in [-0.1, -0.05) is 6.07 Å². The topological polar surface area (TPSA) is 126 Å². The minimum absolute atomic E-state index is 0.0743. The van der Waals surface area contributed by atoms with E-state index in [1.807, 2.05) is 20.8 Å². The van der Waals surface area contributed by atoms with Crippen molar-refractivity contribution >= 4 is 21.9 Å². The van der Waals surface area contributed by atoms with Crippen LogP contribution in [0.15, 0.2) is 23.2 Å². The highest BCUT2D eigenvalue weighted by Crippen LogP contribution is 2.35. The number of nitrogens with zero attached hydrogens (tertiary/aromatic N) is 2. The number of carbonyl (C=O) groups is 1. The standard InChI is InChI=1S/C16H26N4O4S/c1-11(18-13-5-4-6-14(19-13)25(17,23)24)7-8-12-9-16(2,3)20(10-12)15(21)22/h4-6,11-12H,7-10H2,1-3H3,(H,18,19)(H,21,22)(H2,17,23,24). The van der Waals surface area contributed by atoms with Gasteiger partial charge in [0.2, 0.25) is 0 Å². The minimum atomic E-state index is -3.83. The lowest BCUT2D eigenvalue weighted by Gasteiger charge is -2.28. The number of sulfonamides is 1. The zero-order valence-electron chi connectivity index (χ0n) is 14.8. The number of pyridine rings is 1. The Hall–Kier alpha value is -1.87. The summed E-state index contributed by atoms with van der Waals surface area (Å²) in [5.41, 5.74) is -0.335. The smallest absolute Gasteiger partial charge is 0.407 e. The maximum atomic E-state index is 11.4. The normalized spacial score (nSPS) is 21.1. The van der Waals surface area contributed by atoms with Gasteiger partial charge in [-0.15, -0.1) is 0 Å². The number of anilines is 1. The van der Waals surface area contributed by atoms with E-state index in [0.717, 1.165) is 19.3 Å². The summed E-state index contributed by atoms with van der Waals surface area (Å²) < 4.78 is 22.7.